The Morgan fingerprint density at radius 3 is 2.72 bits per heavy atom. The molecule has 1 aromatic heterocycles. The fourth-order valence-electron chi connectivity index (χ4n) is 2.77. The number of ether oxygens (including phenoxy) is 2. The predicted octanol–water partition coefficient (Wildman–Crippen LogP) is 5.53. The molecule has 2 aromatic carbocycles. The summed E-state index contributed by atoms with van der Waals surface area (Å²) in [6.07, 6.45) is 0.789. The van der Waals surface area contributed by atoms with E-state index in [4.69, 9.17) is 16.3 Å². The van der Waals surface area contributed by atoms with Crippen molar-refractivity contribution >= 4 is 23.4 Å². The monoisotopic (exact) mass is 439 g/mol. The summed E-state index contributed by atoms with van der Waals surface area (Å²) in [6.45, 7) is -1.57. The second-order valence-electron chi connectivity index (χ2n) is 6.10. The highest BCUT2D eigenvalue weighted by atomic mass is 35.5. The number of hydrogen-bond acceptors (Lipinski definition) is 5. The Balaban J connectivity index is 1.81. The van der Waals surface area contributed by atoms with E-state index in [1.807, 2.05) is 34.9 Å². The van der Waals surface area contributed by atoms with Crippen LogP contribution in [0.2, 0.25) is 5.02 Å². The van der Waals surface area contributed by atoms with Crippen molar-refractivity contribution in [3.63, 3.8) is 0 Å². The van der Waals surface area contributed by atoms with Crippen LogP contribution in [0.4, 0.5) is 8.78 Å². The Labute approximate surface area is 177 Å². The number of halogens is 3. The maximum atomic E-state index is 12.4. The van der Waals surface area contributed by atoms with Crippen LogP contribution in [0.15, 0.2) is 53.7 Å². The minimum absolute atomic E-state index is 0.136. The molecule has 0 unspecified atom stereocenters. The highest BCUT2D eigenvalue weighted by Crippen LogP contribution is 2.31. The summed E-state index contributed by atoms with van der Waals surface area (Å²) in [7, 11) is 1.66. The van der Waals surface area contributed by atoms with Crippen LogP contribution < -0.4 is 4.74 Å². The van der Waals surface area contributed by atoms with Crippen LogP contribution >= 0.6 is 23.4 Å². The molecule has 0 saturated carbocycles. The van der Waals surface area contributed by atoms with Crippen molar-refractivity contribution in [3.8, 4) is 17.1 Å². The zero-order valence-electron chi connectivity index (χ0n) is 15.7. The molecule has 0 aliphatic heterocycles. The Kier molecular flexibility index (Phi) is 7.85. The third kappa shape index (κ3) is 5.91. The van der Waals surface area contributed by atoms with E-state index in [9.17, 15) is 8.78 Å². The number of rotatable bonds is 10. The Morgan fingerprint density at radius 2 is 1.97 bits per heavy atom. The number of thioether (sulfide) groups is 1. The van der Waals surface area contributed by atoms with Gasteiger partial charge in [0.05, 0.1) is 5.02 Å². The number of aromatic nitrogens is 3. The summed E-state index contributed by atoms with van der Waals surface area (Å²) in [5.74, 6) is 1.35. The zero-order chi connectivity index (χ0) is 20.6. The van der Waals surface area contributed by atoms with E-state index in [-0.39, 0.29) is 5.75 Å². The van der Waals surface area contributed by atoms with Gasteiger partial charge in [-0.1, -0.05) is 47.6 Å². The molecule has 5 nitrogen and oxygen atoms in total. The van der Waals surface area contributed by atoms with Gasteiger partial charge >= 0.3 is 6.61 Å². The molecule has 0 amide bonds. The molecule has 0 bridgehead atoms. The van der Waals surface area contributed by atoms with Gasteiger partial charge in [-0.05, 0) is 36.2 Å². The number of methoxy groups -OCH3 is 1. The van der Waals surface area contributed by atoms with Crippen LogP contribution in [0.3, 0.4) is 0 Å². The minimum atomic E-state index is -2.85. The normalized spacial score (nSPS) is 11.2. The van der Waals surface area contributed by atoms with Crippen LogP contribution in [0.1, 0.15) is 12.0 Å². The Hall–Kier alpha value is -2.16. The molecular formula is C20H20ClF2N3O2S. The zero-order valence-corrected chi connectivity index (χ0v) is 17.3. The van der Waals surface area contributed by atoms with E-state index in [0.717, 1.165) is 22.7 Å². The van der Waals surface area contributed by atoms with Gasteiger partial charge in [0.1, 0.15) is 5.75 Å². The summed E-state index contributed by atoms with van der Waals surface area (Å²) in [5, 5.41) is 9.98. The van der Waals surface area contributed by atoms with E-state index >= 15 is 0 Å². The van der Waals surface area contributed by atoms with Gasteiger partial charge < -0.3 is 14.0 Å². The topological polar surface area (TPSA) is 49.2 Å². The van der Waals surface area contributed by atoms with Gasteiger partial charge in [0.2, 0.25) is 0 Å². The smallest absolute Gasteiger partial charge is 0.387 e. The molecule has 0 atom stereocenters. The molecule has 154 valence electrons. The molecule has 0 saturated heterocycles. The SMILES string of the molecule is COCCCn1c(SCc2cccc(OC(F)F)c2)nnc1-c1ccccc1Cl. The van der Waals surface area contributed by atoms with E-state index < -0.39 is 6.61 Å². The average molecular weight is 440 g/mol. The van der Waals surface area contributed by atoms with Crippen LogP contribution in [0.25, 0.3) is 11.4 Å². The molecule has 9 heteroatoms. The van der Waals surface area contributed by atoms with E-state index in [0.29, 0.717) is 29.8 Å². The second-order valence-corrected chi connectivity index (χ2v) is 7.45. The van der Waals surface area contributed by atoms with Gasteiger partial charge in [0.15, 0.2) is 11.0 Å². The molecule has 0 fully saturated rings. The lowest BCUT2D eigenvalue weighted by molar-refractivity contribution is -0.0498. The molecular weight excluding hydrogens is 420 g/mol. The van der Waals surface area contributed by atoms with E-state index in [1.165, 1.54) is 17.8 Å². The third-order valence-corrected chi connectivity index (χ3v) is 5.42. The van der Waals surface area contributed by atoms with Crippen molar-refractivity contribution < 1.29 is 18.3 Å². The van der Waals surface area contributed by atoms with Crippen LogP contribution in [0, 0.1) is 0 Å². The number of hydrogen-bond donors (Lipinski definition) is 0. The Morgan fingerprint density at radius 1 is 1.14 bits per heavy atom. The van der Waals surface area contributed by atoms with Crippen LogP contribution in [0.5, 0.6) is 5.75 Å². The molecule has 1 heterocycles. The van der Waals surface area contributed by atoms with Gasteiger partial charge in [-0.2, -0.15) is 8.78 Å². The first-order valence-corrected chi connectivity index (χ1v) is 10.3. The summed E-state index contributed by atoms with van der Waals surface area (Å²) >= 11 is 7.81. The van der Waals surface area contributed by atoms with Crippen molar-refractivity contribution in [3.05, 3.63) is 59.1 Å². The maximum absolute atomic E-state index is 12.4. The highest BCUT2D eigenvalue weighted by Gasteiger charge is 2.16. The number of alkyl halides is 2. The quantitative estimate of drug-likeness (QED) is 0.307. The van der Waals surface area contributed by atoms with Gasteiger partial charge in [0.25, 0.3) is 0 Å². The standard InChI is InChI=1S/C20H20ClF2N3O2S/c1-27-11-5-10-26-18(16-8-2-3-9-17(16)21)24-25-20(26)29-13-14-6-4-7-15(12-14)28-19(22)23/h2-4,6-9,12,19H,5,10-11,13H2,1H3. The predicted molar refractivity (Wildman–Crippen MR) is 110 cm³/mol. The van der Waals surface area contributed by atoms with E-state index in [1.54, 1.807) is 19.2 Å². The molecule has 0 aliphatic rings. The molecule has 0 spiro atoms. The summed E-state index contributed by atoms with van der Waals surface area (Å²) in [6, 6.07) is 14.1. The first-order chi connectivity index (χ1) is 14.1. The molecule has 0 N–H and O–H groups in total. The molecule has 0 radical (unpaired) electrons. The van der Waals surface area contributed by atoms with Crippen molar-refractivity contribution in [1.82, 2.24) is 14.8 Å². The van der Waals surface area contributed by atoms with Gasteiger partial charge in [-0.25, -0.2) is 0 Å². The van der Waals surface area contributed by atoms with E-state index in [2.05, 4.69) is 14.9 Å². The van der Waals surface area contributed by atoms with Crippen molar-refractivity contribution in [2.45, 2.75) is 30.5 Å². The van der Waals surface area contributed by atoms with Crippen molar-refractivity contribution in [2.75, 3.05) is 13.7 Å². The van der Waals surface area contributed by atoms with Gasteiger partial charge in [-0.15, -0.1) is 10.2 Å². The summed E-state index contributed by atoms with van der Waals surface area (Å²) in [4.78, 5) is 0. The number of nitrogens with zero attached hydrogens (tertiary/aromatic N) is 3. The fourth-order valence-corrected chi connectivity index (χ4v) is 3.89. The maximum Gasteiger partial charge on any atom is 0.387 e. The van der Waals surface area contributed by atoms with Gasteiger partial charge in [-0.3, -0.25) is 0 Å². The highest BCUT2D eigenvalue weighted by molar-refractivity contribution is 7.98. The Bertz CT molecular complexity index is 940. The van der Waals surface area contributed by atoms with Crippen LogP contribution in [-0.2, 0) is 17.0 Å². The molecule has 3 aromatic rings. The second kappa shape index (κ2) is 10.6. The summed E-state index contributed by atoms with van der Waals surface area (Å²) < 4.78 is 36.5. The number of benzene rings is 2. The molecule has 29 heavy (non-hydrogen) atoms. The lowest BCUT2D eigenvalue weighted by Crippen LogP contribution is -2.05. The summed E-state index contributed by atoms with van der Waals surface area (Å²) in [5.41, 5.74) is 1.65. The largest absolute Gasteiger partial charge is 0.435 e. The minimum Gasteiger partial charge on any atom is -0.435 e. The van der Waals surface area contributed by atoms with Crippen molar-refractivity contribution in [1.29, 1.82) is 0 Å². The van der Waals surface area contributed by atoms with Gasteiger partial charge in [0, 0.05) is 31.6 Å². The molecule has 0 aliphatic carbocycles. The first kappa shape index (κ1) is 21.5. The average Bonchev–Trinajstić information content (AvgIpc) is 3.09. The first-order valence-electron chi connectivity index (χ1n) is 8.92. The lowest BCUT2D eigenvalue weighted by Gasteiger charge is -2.11. The lowest BCUT2D eigenvalue weighted by atomic mass is 10.2. The fraction of sp³-hybridized carbons (Fsp3) is 0.300. The molecule has 3 rings (SSSR count). The van der Waals surface area contributed by atoms with Crippen LogP contribution in [-0.4, -0.2) is 35.1 Å². The van der Waals surface area contributed by atoms with Crippen molar-refractivity contribution in [2.24, 2.45) is 0 Å². The third-order valence-electron chi connectivity index (χ3n) is 4.05.